The number of ether oxygens (including phenoxy) is 1. The molecule has 0 saturated carbocycles. The predicted octanol–water partition coefficient (Wildman–Crippen LogP) is 3.30. The smallest absolute Gasteiger partial charge is 0.226 e. The van der Waals surface area contributed by atoms with Gasteiger partial charge in [-0.05, 0) is 55.8 Å². The Morgan fingerprint density at radius 3 is 2.63 bits per heavy atom. The lowest BCUT2D eigenvalue weighted by atomic mass is 9.93. The third-order valence-electron chi connectivity index (χ3n) is 4.97. The minimum atomic E-state index is -0.263. The summed E-state index contributed by atoms with van der Waals surface area (Å²) in [6.07, 6.45) is 3.48. The molecular weight excluding hydrogens is 362 g/mol. The summed E-state index contributed by atoms with van der Waals surface area (Å²) < 4.78 is 5.30. The number of carbonyl (C=O) groups excluding carboxylic acids is 1. The highest BCUT2D eigenvalue weighted by atomic mass is 35.5. The number of benzene rings is 1. The standard InChI is InChI=1S/C21H26ClN3O2/c1-27-15-14-25(21(26)17-9-12-23-13-10-17)20(19-4-2-3-11-24-19)16-5-7-18(22)8-6-16/h2-8,11,17,20,23H,9-10,12-15H2,1H3. The van der Waals surface area contributed by atoms with E-state index >= 15 is 0 Å². The minimum Gasteiger partial charge on any atom is -0.383 e. The van der Waals surface area contributed by atoms with Crippen LogP contribution in [0, 0.1) is 5.92 Å². The van der Waals surface area contributed by atoms with E-state index in [9.17, 15) is 4.79 Å². The normalized spacial score (nSPS) is 16.1. The van der Waals surface area contributed by atoms with Crippen LogP contribution in [0.1, 0.15) is 30.1 Å². The first kappa shape index (κ1) is 19.8. The van der Waals surface area contributed by atoms with Crippen molar-refractivity contribution in [1.29, 1.82) is 0 Å². The highest BCUT2D eigenvalue weighted by Crippen LogP contribution is 2.31. The number of rotatable bonds is 7. The van der Waals surface area contributed by atoms with Crippen LogP contribution in [0.15, 0.2) is 48.7 Å². The lowest BCUT2D eigenvalue weighted by Gasteiger charge is -2.35. The summed E-state index contributed by atoms with van der Waals surface area (Å²) in [6.45, 7) is 2.75. The molecule has 1 atom stereocenters. The van der Waals surface area contributed by atoms with Crippen molar-refractivity contribution < 1.29 is 9.53 Å². The number of methoxy groups -OCH3 is 1. The Bertz CT molecular complexity index is 718. The van der Waals surface area contributed by atoms with E-state index in [1.165, 1.54) is 0 Å². The highest BCUT2D eigenvalue weighted by Gasteiger charge is 2.32. The molecule has 1 unspecified atom stereocenters. The summed E-state index contributed by atoms with van der Waals surface area (Å²) >= 11 is 6.09. The van der Waals surface area contributed by atoms with Gasteiger partial charge in [0.2, 0.25) is 5.91 Å². The fourth-order valence-electron chi connectivity index (χ4n) is 3.55. The molecular formula is C21H26ClN3O2. The van der Waals surface area contributed by atoms with Gasteiger partial charge in [0.25, 0.3) is 0 Å². The van der Waals surface area contributed by atoms with Crippen molar-refractivity contribution in [3.05, 3.63) is 64.9 Å². The average Bonchev–Trinajstić information content (AvgIpc) is 2.73. The number of aromatic nitrogens is 1. The van der Waals surface area contributed by atoms with Gasteiger partial charge in [-0.1, -0.05) is 29.8 Å². The van der Waals surface area contributed by atoms with E-state index in [0.29, 0.717) is 18.2 Å². The van der Waals surface area contributed by atoms with Gasteiger partial charge in [0.15, 0.2) is 0 Å². The number of amides is 1. The van der Waals surface area contributed by atoms with E-state index in [0.717, 1.165) is 37.2 Å². The molecule has 1 aromatic carbocycles. The van der Waals surface area contributed by atoms with E-state index in [1.807, 2.05) is 47.4 Å². The fraction of sp³-hybridized carbons (Fsp3) is 0.429. The van der Waals surface area contributed by atoms with Crippen LogP contribution in [-0.2, 0) is 9.53 Å². The molecule has 3 rings (SSSR count). The predicted molar refractivity (Wildman–Crippen MR) is 107 cm³/mol. The van der Waals surface area contributed by atoms with Gasteiger partial charge in [-0.25, -0.2) is 0 Å². The molecule has 1 aliphatic rings. The van der Waals surface area contributed by atoms with Crippen LogP contribution in [0.5, 0.6) is 0 Å². The van der Waals surface area contributed by atoms with Gasteiger partial charge in [-0.2, -0.15) is 0 Å². The number of nitrogens with zero attached hydrogens (tertiary/aromatic N) is 2. The number of piperidine rings is 1. The summed E-state index contributed by atoms with van der Waals surface area (Å²) in [4.78, 5) is 19.9. The van der Waals surface area contributed by atoms with Crippen molar-refractivity contribution in [2.75, 3.05) is 33.4 Å². The molecule has 2 heterocycles. The van der Waals surface area contributed by atoms with E-state index in [-0.39, 0.29) is 17.9 Å². The van der Waals surface area contributed by atoms with Crippen molar-refractivity contribution >= 4 is 17.5 Å². The van der Waals surface area contributed by atoms with Crippen molar-refractivity contribution in [3.8, 4) is 0 Å². The van der Waals surface area contributed by atoms with Crippen LogP contribution in [0.25, 0.3) is 0 Å². The fourth-order valence-corrected chi connectivity index (χ4v) is 3.68. The van der Waals surface area contributed by atoms with Gasteiger partial charge in [0, 0.05) is 30.8 Å². The van der Waals surface area contributed by atoms with Gasteiger partial charge in [0.05, 0.1) is 18.3 Å². The first-order valence-corrected chi connectivity index (χ1v) is 9.75. The molecule has 27 heavy (non-hydrogen) atoms. The molecule has 0 aliphatic carbocycles. The lowest BCUT2D eigenvalue weighted by molar-refractivity contribution is -0.139. The maximum Gasteiger partial charge on any atom is 0.226 e. The molecule has 0 radical (unpaired) electrons. The molecule has 0 spiro atoms. The number of carbonyl (C=O) groups is 1. The summed E-state index contributed by atoms with van der Waals surface area (Å²) in [5.41, 5.74) is 1.84. The van der Waals surface area contributed by atoms with E-state index in [4.69, 9.17) is 16.3 Å². The van der Waals surface area contributed by atoms with Gasteiger partial charge < -0.3 is 15.0 Å². The maximum absolute atomic E-state index is 13.4. The lowest BCUT2D eigenvalue weighted by Crippen LogP contribution is -2.44. The monoisotopic (exact) mass is 387 g/mol. The Labute approximate surface area is 165 Å². The molecule has 1 amide bonds. The summed E-state index contributed by atoms with van der Waals surface area (Å²) in [6, 6.07) is 13.2. The van der Waals surface area contributed by atoms with Crippen molar-refractivity contribution in [2.24, 2.45) is 5.92 Å². The quantitative estimate of drug-likeness (QED) is 0.792. The number of halogens is 1. The van der Waals surface area contributed by atoms with Crippen molar-refractivity contribution in [3.63, 3.8) is 0 Å². The summed E-state index contributed by atoms with van der Waals surface area (Å²) in [7, 11) is 1.66. The van der Waals surface area contributed by atoms with Gasteiger partial charge in [-0.3, -0.25) is 9.78 Å². The molecule has 1 fully saturated rings. The molecule has 1 aliphatic heterocycles. The van der Waals surface area contributed by atoms with E-state index < -0.39 is 0 Å². The number of hydrogen-bond acceptors (Lipinski definition) is 4. The SMILES string of the molecule is COCCN(C(=O)C1CCNCC1)C(c1ccc(Cl)cc1)c1ccccn1. The van der Waals surface area contributed by atoms with E-state index in [1.54, 1.807) is 13.3 Å². The minimum absolute atomic E-state index is 0.0293. The van der Waals surface area contributed by atoms with Crippen LogP contribution in [0.4, 0.5) is 0 Å². The van der Waals surface area contributed by atoms with Crippen LogP contribution in [-0.4, -0.2) is 49.1 Å². The largest absolute Gasteiger partial charge is 0.383 e. The molecule has 144 valence electrons. The second kappa shape index (κ2) is 9.83. The van der Waals surface area contributed by atoms with Crippen molar-refractivity contribution in [2.45, 2.75) is 18.9 Å². The molecule has 1 aromatic heterocycles. The number of nitrogens with one attached hydrogen (secondary N) is 1. The summed E-state index contributed by atoms with van der Waals surface area (Å²) in [5.74, 6) is 0.195. The Morgan fingerprint density at radius 2 is 2.00 bits per heavy atom. The number of pyridine rings is 1. The Balaban J connectivity index is 1.98. The topological polar surface area (TPSA) is 54.5 Å². The highest BCUT2D eigenvalue weighted by molar-refractivity contribution is 6.30. The molecule has 6 heteroatoms. The van der Waals surface area contributed by atoms with Crippen LogP contribution < -0.4 is 5.32 Å². The Kier molecular flexibility index (Phi) is 7.21. The molecule has 2 aromatic rings. The first-order valence-electron chi connectivity index (χ1n) is 9.37. The van der Waals surface area contributed by atoms with Gasteiger partial charge >= 0.3 is 0 Å². The van der Waals surface area contributed by atoms with Crippen LogP contribution >= 0.6 is 11.6 Å². The maximum atomic E-state index is 13.4. The zero-order valence-electron chi connectivity index (χ0n) is 15.6. The van der Waals surface area contributed by atoms with Gasteiger partial charge in [-0.15, -0.1) is 0 Å². The molecule has 0 bridgehead atoms. The second-order valence-electron chi connectivity index (χ2n) is 6.76. The summed E-state index contributed by atoms with van der Waals surface area (Å²) in [5, 5.41) is 4.00. The molecule has 1 N–H and O–H groups in total. The third kappa shape index (κ3) is 5.06. The third-order valence-corrected chi connectivity index (χ3v) is 5.23. The Hall–Kier alpha value is -1.95. The van der Waals surface area contributed by atoms with Crippen LogP contribution in [0.2, 0.25) is 5.02 Å². The van der Waals surface area contributed by atoms with Crippen molar-refractivity contribution in [1.82, 2.24) is 15.2 Å². The first-order chi connectivity index (χ1) is 13.2. The average molecular weight is 388 g/mol. The zero-order valence-corrected chi connectivity index (χ0v) is 16.4. The number of hydrogen-bond donors (Lipinski definition) is 1. The second-order valence-corrected chi connectivity index (χ2v) is 7.19. The zero-order chi connectivity index (χ0) is 19.1. The Morgan fingerprint density at radius 1 is 1.26 bits per heavy atom. The molecule has 1 saturated heterocycles. The van der Waals surface area contributed by atoms with Crippen LogP contribution in [0.3, 0.4) is 0 Å². The van der Waals surface area contributed by atoms with Gasteiger partial charge in [0.1, 0.15) is 0 Å². The van der Waals surface area contributed by atoms with E-state index in [2.05, 4.69) is 10.3 Å². The molecule has 5 nitrogen and oxygen atoms in total.